The molecule has 1 aliphatic rings. The number of benzene rings is 1. The lowest BCUT2D eigenvalue weighted by Gasteiger charge is -2.27. The highest BCUT2D eigenvalue weighted by molar-refractivity contribution is 5.94. The zero-order chi connectivity index (χ0) is 15.4. The van der Waals surface area contributed by atoms with Gasteiger partial charge in [-0.1, -0.05) is 0 Å². The van der Waals surface area contributed by atoms with Crippen molar-refractivity contribution >= 4 is 23.2 Å². The lowest BCUT2D eigenvalue weighted by atomic mass is 9.92. The quantitative estimate of drug-likeness (QED) is 0.799. The minimum absolute atomic E-state index is 0.0663. The summed E-state index contributed by atoms with van der Waals surface area (Å²) in [5.74, 6) is 0.0465. The molecule has 0 bridgehead atoms. The van der Waals surface area contributed by atoms with Crippen LogP contribution in [0.5, 0.6) is 0 Å². The van der Waals surface area contributed by atoms with E-state index in [2.05, 4.69) is 22.9 Å². The Bertz CT molecular complexity index is 542. The van der Waals surface area contributed by atoms with Crippen LogP contribution in [0.1, 0.15) is 32.3 Å². The van der Waals surface area contributed by atoms with Crippen molar-refractivity contribution in [2.45, 2.75) is 39.7 Å². The van der Waals surface area contributed by atoms with Crippen LogP contribution in [0.3, 0.4) is 0 Å². The van der Waals surface area contributed by atoms with E-state index in [0.717, 1.165) is 36.3 Å². The van der Waals surface area contributed by atoms with Gasteiger partial charge in [0, 0.05) is 30.3 Å². The Morgan fingerprint density at radius 3 is 2.67 bits per heavy atom. The van der Waals surface area contributed by atoms with Crippen LogP contribution in [-0.4, -0.2) is 24.4 Å². The monoisotopic (exact) mass is 289 g/mol. The molecule has 1 heterocycles. The molecule has 2 atom stereocenters. The molecule has 21 heavy (non-hydrogen) atoms. The highest BCUT2D eigenvalue weighted by atomic mass is 16.2. The lowest BCUT2D eigenvalue weighted by molar-refractivity contribution is -0.121. The van der Waals surface area contributed by atoms with Crippen LogP contribution < -0.4 is 16.0 Å². The van der Waals surface area contributed by atoms with Gasteiger partial charge in [0.15, 0.2) is 0 Å². The molecule has 1 aromatic rings. The van der Waals surface area contributed by atoms with Gasteiger partial charge in [0.05, 0.1) is 0 Å². The molecule has 5 heteroatoms. The Balaban J connectivity index is 2.00. The molecule has 114 valence electrons. The molecule has 1 aliphatic heterocycles. The average Bonchev–Trinajstić information content (AvgIpc) is 2.41. The fourth-order valence-electron chi connectivity index (χ4n) is 2.69. The highest BCUT2D eigenvalue weighted by Gasteiger charge is 2.24. The van der Waals surface area contributed by atoms with Crippen molar-refractivity contribution in [3.8, 4) is 0 Å². The van der Waals surface area contributed by atoms with Gasteiger partial charge in [-0.25, -0.2) is 0 Å². The number of aryl methyl sites for hydroxylation is 1. The Morgan fingerprint density at radius 2 is 2.05 bits per heavy atom. The fraction of sp³-hybridized carbons (Fsp3) is 0.500. The van der Waals surface area contributed by atoms with Gasteiger partial charge in [0.1, 0.15) is 0 Å². The molecule has 0 aliphatic carbocycles. The van der Waals surface area contributed by atoms with E-state index in [1.165, 1.54) is 6.92 Å². The number of amides is 2. The summed E-state index contributed by atoms with van der Waals surface area (Å²) in [6, 6.07) is 5.91. The van der Waals surface area contributed by atoms with E-state index in [1.54, 1.807) is 0 Å². The van der Waals surface area contributed by atoms with Crippen molar-refractivity contribution in [1.29, 1.82) is 0 Å². The van der Waals surface area contributed by atoms with Gasteiger partial charge in [0.2, 0.25) is 11.8 Å². The second-order valence-corrected chi connectivity index (χ2v) is 5.78. The van der Waals surface area contributed by atoms with Gasteiger partial charge in [-0.05, 0) is 57.0 Å². The van der Waals surface area contributed by atoms with Gasteiger partial charge in [-0.15, -0.1) is 0 Å². The van der Waals surface area contributed by atoms with E-state index < -0.39 is 0 Å². The molecule has 0 radical (unpaired) electrons. The standard InChI is InChI=1S/C16H23N3O2/c1-10-8-14(4-5-15(10)18-12(3)20)19-16(21)13-6-7-17-11(2)9-13/h4-5,8,11,13,17H,6-7,9H2,1-3H3,(H,18,20)(H,19,21). The summed E-state index contributed by atoms with van der Waals surface area (Å²) >= 11 is 0. The van der Waals surface area contributed by atoms with Crippen LogP contribution in [0.4, 0.5) is 11.4 Å². The number of carbonyl (C=O) groups is 2. The van der Waals surface area contributed by atoms with Gasteiger partial charge in [-0.3, -0.25) is 9.59 Å². The zero-order valence-corrected chi connectivity index (χ0v) is 12.8. The molecule has 5 nitrogen and oxygen atoms in total. The molecule has 2 unspecified atom stereocenters. The Morgan fingerprint density at radius 1 is 1.29 bits per heavy atom. The van der Waals surface area contributed by atoms with Crippen LogP contribution in [0.25, 0.3) is 0 Å². The summed E-state index contributed by atoms with van der Waals surface area (Å²) in [5.41, 5.74) is 2.48. The molecule has 0 saturated carbocycles. The summed E-state index contributed by atoms with van der Waals surface area (Å²) in [5, 5.41) is 9.08. The van der Waals surface area contributed by atoms with E-state index in [1.807, 2.05) is 25.1 Å². The van der Waals surface area contributed by atoms with Gasteiger partial charge in [0.25, 0.3) is 0 Å². The third-order valence-electron chi connectivity index (χ3n) is 3.80. The molecule has 1 fully saturated rings. The maximum Gasteiger partial charge on any atom is 0.227 e. The van der Waals surface area contributed by atoms with Crippen molar-refractivity contribution in [1.82, 2.24) is 5.32 Å². The van der Waals surface area contributed by atoms with Crippen LogP contribution >= 0.6 is 0 Å². The van der Waals surface area contributed by atoms with Crippen LogP contribution in [-0.2, 0) is 9.59 Å². The normalized spacial score (nSPS) is 21.7. The third-order valence-corrected chi connectivity index (χ3v) is 3.80. The topological polar surface area (TPSA) is 70.2 Å². The first kappa shape index (κ1) is 15.5. The van der Waals surface area contributed by atoms with Gasteiger partial charge in [-0.2, -0.15) is 0 Å². The minimum Gasteiger partial charge on any atom is -0.326 e. The van der Waals surface area contributed by atoms with Crippen molar-refractivity contribution in [3.05, 3.63) is 23.8 Å². The molecule has 2 amide bonds. The molecule has 0 spiro atoms. The zero-order valence-electron chi connectivity index (χ0n) is 12.8. The smallest absolute Gasteiger partial charge is 0.227 e. The van der Waals surface area contributed by atoms with Crippen molar-refractivity contribution in [3.63, 3.8) is 0 Å². The predicted molar refractivity (Wildman–Crippen MR) is 84.3 cm³/mol. The average molecular weight is 289 g/mol. The van der Waals surface area contributed by atoms with E-state index in [9.17, 15) is 9.59 Å². The van der Waals surface area contributed by atoms with E-state index in [4.69, 9.17) is 0 Å². The van der Waals surface area contributed by atoms with Gasteiger partial charge >= 0.3 is 0 Å². The first-order valence-corrected chi connectivity index (χ1v) is 7.38. The molecule has 2 rings (SSSR count). The highest BCUT2D eigenvalue weighted by Crippen LogP contribution is 2.22. The van der Waals surface area contributed by atoms with E-state index in [0.29, 0.717) is 6.04 Å². The third kappa shape index (κ3) is 4.29. The lowest BCUT2D eigenvalue weighted by Crippen LogP contribution is -2.40. The second kappa shape index (κ2) is 6.72. The van der Waals surface area contributed by atoms with Crippen molar-refractivity contribution in [2.24, 2.45) is 5.92 Å². The SMILES string of the molecule is CC(=O)Nc1ccc(NC(=O)C2CCNC(C)C2)cc1C. The summed E-state index contributed by atoms with van der Waals surface area (Å²) in [6.07, 6.45) is 1.74. The Labute approximate surface area is 125 Å². The first-order chi connectivity index (χ1) is 9.95. The summed E-state index contributed by atoms with van der Waals surface area (Å²) in [4.78, 5) is 23.4. The largest absolute Gasteiger partial charge is 0.326 e. The van der Waals surface area contributed by atoms with Crippen LogP contribution in [0.15, 0.2) is 18.2 Å². The van der Waals surface area contributed by atoms with E-state index in [-0.39, 0.29) is 17.7 Å². The van der Waals surface area contributed by atoms with Crippen molar-refractivity contribution in [2.75, 3.05) is 17.2 Å². The Hall–Kier alpha value is -1.88. The van der Waals surface area contributed by atoms with Crippen molar-refractivity contribution < 1.29 is 9.59 Å². The molecule has 1 aromatic carbocycles. The fourth-order valence-corrected chi connectivity index (χ4v) is 2.69. The molecule has 0 aromatic heterocycles. The van der Waals surface area contributed by atoms with Crippen LogP contribution in [0.2, 0.25) is 0 Å². The van der Waals surface area contributed by atoms with Crippen LogP contribution in [0, 0.1) is 12.8 Å². The molecule has 3 N–H and O–H groups in total. The summed E-state index contributed by atoms with van der Waals surface area (Å²) < 4.78 is 0. The molecular formula is C16H23N3O2. The number of hydrogen-bond donors (Lipinski definition) is 3. The van der Waals surface area contributed by atoms with Gasteiger partial charge < -0.3 is 16.0 Å². The maximum absolute atomic E-state index is 12.3. The maximum atomic E-state index is 12.3. The molecular weight excluding hydrogens is 266 g/mol. The predicted octanol–water partition coefficient (Wildman–Crippen LogP) is 2.28. The second-order valence-electron chi connectivity index (χ2n) is 5.78. The number of nitrogens with one attached hydrogen (secondary N) is 3. The first-order valence-electron chi connectivity index (χ1n) is 7.38. The number of anilines is 2. The minimum atomic E-state index is -0.0985. The number of rotatable bonds is 3. The molecule has 1 saturated heterocycles. The number of hydrogen-bond acceptors (Lipinski definition) is 3. The summed E-state index contributed by atoms with van der Waals surface area (Å²) in [6.45, 7) is 6.38. The Kier molecular flexibility index (Phi) is 4.96. The number of carbonyl (C=O) groups excluding carboxylic acids is 2. The summed E-state index contributed by atoms with van der Waals surface area (Å²) in [7, 11) is 0. The number of piperidine rings is 1. The van der Waals surface area contributed by atoms with E-state index >= 15 is 0 Å².